The molecule has 120 valence electrons. The summed E-state index contributed by atoms with van der Waals surface area (Å²) < 4.78 is 28.3. The normalized spacial score (nSPS) is 13.7. The van der Waals surface area contributed by atoms with E-state index in [1.54, 1.807) is 31.3 Å². The van der Waals surface area contributed by atoms with E-state index in [4.69, 9.17) is 0 Å². The molecular weight excluding hydrogens is 302 g/mol. The lowest BCUT2D eigenvalue weighted by molar-refractivity contribution is 0.338. The molecule has 1 heterocycles. The van der Waals surface area contributed by atoms with Gasteiger partial charge in [-0.2, -0.15) is 4.31 Å². The minimum Gasteiger partial charge on any atom is -0.207 e. The third kappa shape index (κ3) is 3.50. The van der Waals surface area contributed by atoms with Crippen molar-refractivity contribution in [2.75, 3.05) is 7.05 Å². The molecule has 1 aromatic carbocycles. The van der Waals surface area contributed by atoms with Crippen LogP contribution in [0.4, 0.5) is 0 Å². The molecule has 7 nitrogen and oxygen atoms in total. The van der Waals surface area contributed by atoms with E-state index in [1.807, 2.05) is 6.92 Å². The fourth-order valence-electron chi connectivity index (χ4n) is 2.30. The van der Waals surface area contributed by atoms with Crippen LogP contribution in [0.25, 0.3) is 5.69 Å². The molecule has 0 amide bonds. The number of benzene rings is 1. The van der Waals surface area contributed by atoms with E-state index < -0.39 is 10.0 Å². The summed E-state index contributed by atoms with van der Waals surface area (Å²) in [6.45, 7) is 6.08. The zero-order valence-electron chi connectivity index (χ0n) is 13.2. The fourth-order valence-corrected chi connectivity index (χ4v) is 3.71. The number of sulfonamides is 1. The monoisotopic (exact) mass is 323 g/mol. The van der Waals surface area contributed by atoms with Gasteiger partial charge in [0.05, 0.1) is 10.6 Å². The van der Waals surface area contributed by atoms with Crippen molar-refractivity contribution in [3.8, 4) is 5.69 Å². The molecule has 0 spiro atoms. The van der Waals surface area contributed by atoms with E-state index in [-0.39, 0.29) is 10.9 Å². The SMILES string of the molecule is CC(C)CC(C)N(C)S(=O)(=O)c1cccc(-n2cnnn2)c1. The topological polar surface area (TPSA) is 81.0 Å². The van der Waals surface area contributed by atoms with Crippen LogP contribution in [0, 0.1) is 5.92 Å². The molecule has 1 aromatic heterocycles. The molecule has 0 fully saturated rings. The molecule has 0 saturated heterocycles. The molecule has 8 heteroatoms. The summed E-state index contributed by atoms with van der Waals surface area (Å²) in [5, 5.41) is 10.9. The van der Waals surface area contributed by atoms with Crippen molar-refractivity contribution in [3.05, 3.63) is 30.6 Å². The van der Waals surface area contributed by atoms with Crippen LogP contribution in [0.5, 0.6) is 0 Å². The highest BCUT2D eigenvalue weighted by atomic mass is 32.2. The Kier molecular flexibility index (Phi) is 4.92. The Labute approximate surface area is 131 Å². The Hall–Kier alpha value is -1.80. The average molecular weight is 323 g/mol. The third-order valence-electron chi connectivity index (χ3n) is 3.54. The van der Waals surface area contributed by atoms with E-state index in [0.29, 0.717) is 11.6 Å². The van der Waals surface area contributed by atoms with Gasteiger partial charge in [-0.15, -0.1) is 5.10 Å². The second kappa shape index (κ2) is 6.53. The summed E-state index contributed by atoms with van der Waals surface area (Å²) in [6, 6.07) is 6.53. The Bertz CT molecular complexity index is 713. The number of hydrogen-bond acceptors (Lipinski definition) is 5. The van der Waals surface area contributed by atoms with Gasteiger partial charge in [0.2, 0.25) is 10.0 Å². The molecule has 0 aliphatic rings. The van der Waals surface area contributed by atoms with Crippen molar-refractivity contribution in [2.24, 2.45) is 5.92 Å². The van der Waals surface area contributed by atoms with Crippen molar-refractivity contribution in [3.63, 3.8) is 0 Å². The highest BCUT2D eigenvalue weighted by molar-refractivity contribution is 7.89. The van der Waals surface area contributed by atoms with E-state index in [0.717, 1.165) is 6.42 Å². The van der Waals surface area contributed by atoms with Crippen molar-refractivity contribution < 1.29 is 8.42 Å². The van der Waals surface area contributed by atoms with Crippen LogP contribution in [-0.2, 0) is 10.0 Å². The number of nitrogens with zero attached hydrogens (tertiary/aromatic N) is 5. The van der Waals surface area contributed by atoms with Crippen molar-refractivity contribution in [1.29, 1.82) is 0 Å². The molecule has 1 unspecified atom stereocenters. The molecule has 2 rings (SSSR count). The average Bonchev–Trinajstić information content (AvgIpc) is 3.00. The second-order valence-electron chi connectivity index (χ2n) is 5.75. The van der Waals surface area contributed by atoms with Crippen molar-refractivity contribution >= 4 is 10.0 Å². The van der Waals surface area contributed by atoms with Crippen LogP contribution in [0.1, 0.15) is 27.2 Å². The molecule has 0 radical (unpaired) electrons. The van der Waals surface area contributed by atoms with Crippen LogP contribution in [0.15, 0.2) is 35.5 Å². The number of rotatable bonds is 6. The predicted molar refractivity (Wildman–Crippen MR) is 83.0 cm³/mol. The molecule has 0 bridgehead atoms. The van der Waals surface area contributed by atoms with E-state index in [2.05, 4.69) is 29.4 Å². The zero-order valence-corrected chi connectivity index (χ0v) is 14.0. The van der Waals surface area contributed by atoms with Crippen LogP contribution >= 0.6 is 0 Å². The summed E-state index contributed by atoms with van der Waals surface area (Å²) in [5.74, 6) is 0.431. The lowest BCUT2D eigenvalue weighted by Gasteiger charge is -2.25. The first kappa shape index (κ1) is 16.6. The van der Waals surface area contributed by atoms with Gasteiger partial charge in [-0.05, 0) is 47.9 Å². The highest BCUT2D eigenvalue weighted by Gasteiger charge is 2.26. The van der Waals surface area contributed by atoms with E-state index in [9.17, 15) is 8.42 Å². The molecule has 22 heavy (non-hydrogen) atoms. The Morgan fingerprint density at radius 1 is 1.27 bits per heavy atom. The zero-order chi connectivity index (χ0) is 16.3. The Morgan fingerprint density at radius 3 is 2.59 bits per heavy atom. The van der Waals surface area contributed by atoms with Crippen LogP contribution < -0.4 is 0 Å². The van der Waals surface area contributed by atoms with Gasteiger partial charge < -0.3 is 0 Å². The molecule has 0 aliphatic carbocycles. The molecule has 0 N–H and O–H groups in total. The summed E-state index contributed by atoms with van der Waals surface area (Å²) in [7, 11) is -1.93. The van der Waals surface area contributed by atoms with Gasteiger partial charge in [0.25, 0.3) is 0 Å². The van der Waals surface area contributed by atoms with Gasteiger partial charge >= 0.3 is 0 Å². The summed E-state index contributed by atoms with van der Waals surface area (Å²) in [6.07, 6.45) is 2.24. The van der Waals surface area contributed by atoms with Crippen LogP contribution in [0.2, 0.25) is 0 Å². The summed E-state index contributed by atoms with van der Waals surface area (Å²) in [4.78, 5) is 0.235. The van der Waals surface area contributed by atoms with Gasteiger partial charge in [-0.1, -0.05) is 19.9 Å². The van der Waals surface area contributed by atoms with Crippen LogP contribution in [-0.4, -0.2) is 46.0 Å². The summed E-state index contributed by atoms with van der Waals surface area (Å²) >= 11 is 0. The van der Waals surface area contributed by atoms with Gasteiger partial charge in [-0.3, -0.25) is 0 Å². The van der Waals surface area contributed by atoms with E-state index in [1.165, 1.54) is 15.3 Å². The molecule has 1 atom stereocenters. The molecule has 0 saturated carbocycles. The van der Waals surface area contributed by atoms with Gasteiger partial charge in [0, 0.05) is 13.1 Å². The van der Waals surface area contributed by atoms with E-state index >= 15 is 0 Å². The highest BCUT2D eigenvalue weighted by Crippen LogP contribution is 2.21. The predicted octanol–water partition coefficient (Wildman–Crippen LogP) is 1.72. The first-order valence-corrected chi connectivity index (χ1v) is 8.58. The third-order valence-corrected chi connectivity index (χ3v) is 5.51. The fraction of sp³-hybridized carbons (Fsp3) is 0.500. The minimum atomic E-state index is -3.55. The minimum absolute atomic E-state index is 0.0679. The first-order valence-electron chi connectivity index (χ1n) is 7.14. The maximum absolute atomic E-state index is 12.7. The maximum atomic E-state index is 12.7. The largest absolute Gasteiger partial charge is 0.243 e. The van der Waals surface area contributed by atoms with Gasteiger partial charge in [0.15, 0.2) is 0 Å². The summed E-state index contributed by atoms with van der Waals surface area (Å²) in [5.41, 5.74) is 0.607. The van der Waals surface area contributed by atoms with Gasteiger partial charge in [0.1, 0.15) is 6.33 Å². The number of tetrazole rings is 1. The first-order chi connectivity index (χ1) is 10.3. The van der Waals surface area contributed by atoms with Crippen molar-refractivity contribution in [1.82, 2.24) is 24.5 Å². The number of aromatic nitrogens is 4. The standard InChI is InChI=1S/C14H21N5O2S/c1-11(2)8-12(3)18(4)22(20,21)14-7-5-6-13(9-14)19-10-15-16-17-19/h5-7,9-12H,8H2,1-4H3. The molecule has 0 aliphatic heterocycles. The number of hydrogen-bond donors (Lipinski definition) is 0. The van der Waals surface area contributed by atoms with Gasteiger partial charge in [-0.25, -0.2) is 13.1 Å². The lowest BCUT2D eigenvalue weighted by atomic mass is 10.1. The van der Waals surface area contributed by atoms with Crippen LogP contribution in [0.3, 0.4) is 0 Å². The Morgan fingerprint density at radius 2 is 2.00 bits per heavy atom. The maximum Gasteiger partial charge on any atom is 0.243 e. The quantitative estimate of drug-likeness (QED) is 0.808. The molecular formula is C14H21N5O2S. The second-order valence-corrected chi connectivity index (χ2v) is 7.75. The molecule has 2 aromatic rings. The van der Waals surface area contributed by atoms with Crippen molar-refractivity contribution in [2.45, 2.75) is 38.1 Å². The lowest BCUT2D eigenvalue weighted by Crippen LogP contribution is -2.35. The smallest absolute Gasteiger partial charge is 0.207 e. The Balaban J connectivity index is 2.32.